The molecule has 2 unspecified atom stereocenters. The minimum atomic E-state index is -5.08. The summed E-state index contributed by atoms with van der Waals surface area (Å²) in [4.78, 5) is 39.7. The Morgan fingerprint density at radius 2 is 1.71 bits per heavy atom. The third kappa shape index (κ3) is 6.52. The largest absolute Gasteiger partial charge is 0.490 e. The number of alkyl halides is 3. The van der Waals surface area contributed by atoms with Crippen LogP contribution in [0.3, 0.4) is 0 Å². The third-order valence-electron chi connectivity index (χ3n) is 5.97. The predicted molar refractivity (Wildman–Crippen MR) is 112 cm³/mol. The van der Waals surface area contributed by atoms with Gasteiger partial charge in [-0.05, 0) is 48.2 Å². The highest BCUT2D eigenvalue weighted by molar-refractivity contribution is 5.84. The molecule has 11 heteroatoms. The van der Waals surface area contributed by atoms with Crippen molar-refractivity contribution < 1.29 is 37.1 Å². The number of carbonyl (C=O) groups excluding carboxylic acids is 2. The molecule has 1 spiro atoms. The van der Waals surface area contributed by atoms with Gasteiger partial charge in [0.25, 0.3) is 0 Å². The number of aromatic nitrogens is 1. The van der Waals surface area contributed by atoms with Gasteiger partial charge in [-0.2, -0.15) is 13.2 Å². The fourth-order valence-corrected chi connectivity index (χ4v) is 3.98. The Labute approximate surface area is 192 Å². The second-order valence-corrected chi connectivity index (χ2v) is 8.36. The van der Waals surface area contributed by atoms with E-state index >= 15 is 0 Å². The fraction of sp³-hybridized carbons (Fsp3) is 0.391. The summed E-state index contributed by atoms with van der Waals surface area (Å²) in [6.07, 6.45) is 0.323. The molecule has 34 heavy (non-hydrogen) atoms. The van der Waals surface area contributed by atoms with Crippen LogP contribution in [0.4, 0.5) is 17.6 Å². The van der Waals surface area contributed by atoms with Gasteiger partial charge in [-0.25, -0.2) is 9.18 Å². The first-order valence-electron chi connectivity index (χ1n) is 10.5. The average Bonchev–Trinajstić information content (AvgIpc) is 3.33. The van der Waals surface area contributed by atoms with Crippen LogP contribution in [0.15, 0.2) is 48.8 Å². The minimum absolute atomic E-state index is 0.0111. The van der Waals surface area contributed by atoms with E-state index in [1.165, 1.54) is 12.1 Å². The summed E-state index contributed by atoms with van der Waals surface area (Å²) in [6, 6.07) is 9.80. The van der Waals surface area contributed by atoms with Crippen LogP contribution in [0, 0.1) is 17.2 Å². The van der Waals surface area contributed by atoms with Crippen molar-refractivity contribution >= 4 is 17.8 Å². The molecule has 1 aromatic carbocycles. The lowest BCUT2D eigenvalue weighted by Gasteiger charge is -2.17. The summed E-state index contributed by atoms with van der Waals surface area (Å²) >= 11 is 0. The number of amides is 2. The summed E-state index contributed by atoms with van der Waals surface area (Å²) in [5.41, 5.74) is 1.78. The van der Waals surface area contributed by atoms with Gasteiger partial charge in [0, 0.05) is 43.4 Å². The monoisotopic (exact) mass is 481 g/mol. The third-order valence-corrected chi connectivity index (χ3v) is 5.97. The Morgan fingerprint density at radius 1 is 1.09 bits per heavy atom. The molecule has 1 saturated carbocycles. The van der Waals surface area contributed by atoms with Gasteiger partial charge in [0.05, 0.1) is 6.42 Å². The highest BCUT2D eigenvalue weighted by Gasteiger charge is 2.61. The number of rotatable bonds is 5. The second kappa shape index (κ2) is 10.2. The number of carbonyl (C=O) groups is 3. The van der Waals surface area contributed by atoms with Crippen LogP contribution < -0.4 is 5.32 Å². The SMILES string of the molecule is O=C(NCc1ccncc1)C1CC12CCN(C(=O)Cc1ccc(F)cc1)C2.O=C(O)C(F)(F)F. The van der Waals surface area contributed by atoms with Gasteiger partial charge in [0.2, 0.25) is 11.8 Å². The topological polar surface area (TPSA) is 99.6 Å². The molecule has 2 amide bonds. The van der Waals surface area contributed by atoms with E-state index in [0.29, 0.717) is 19.6 Å². The maximum atomic E-state index is 13.0. The Bertz CT molecular complexity index is 1030. The molecule has 0 bridgehead atoms. The molecule has 7 nitrogen and oxygen atoms in total. The Hall–Kier alpha value is -3.50. The van der Waals surface area contributed by atoms with E-state index in [-0.39, 0.29) is 35.4 Å². The van der Waals surface area contributed by atoms with Crippen molar-refractivity contribution in [2.45, 2.75) is 32.0 Å². The Balaban J connectivity index is 0.000000406. The molecule has 0 radical (unpaired) electrons. The smallest absolute Gasteiger partial charge is 0.475 e. The number of hydrogen-bond donors (Lipinski definition) is 2. The number of nitrogens with zero attached hydrogens (tertiary/aromatic N) is 2. The lowest BCUT2D eigenvalue weighted by Crippen LogP contribution is -2.32. The molecule has 1 saturated heterocycles. The number of pyridine rings is 1. The molecule has 2 N–H and O–H groups in total. The number of benzene rings is 1. The molecule has 182 valence electrons. The summed E-state index contributed by atoms with van der Waals surface area (Å²) < 4.78 is 44.7. The van der Waals surface area contributed by atoms with E-state index in [0.717, 1.165) is 24.0 Å². The van der Waals surface area contributed by atoms with E-state index in [1.807, 2.05) is 17.0 Å². The Morgan fingerprint density at radius 3 is 2.29 bits per heavy atom. The van der Waals surface area contributed by atoms with Crippen molar-refractivity contribution in [1.82, 2.24) is 15.2 Å². The van der Waals surface area contributed by atoms with Crippen LogP contribution in [-0.4, -0.2) is 52.0 Å². The molecule has 2 atom stereocenters. The molecule has 4 rings (SSSR count). The van der Waals surface area contributed by atoms with Crippen LogP contribution in [0.25, 0.3) is 0 Å². The number of halogens is 4. The van der Waals surface area contributed by atoms with Gasteiger partial charge >= 0.3 is 12.1 Å². The van der Waals surface area contributed by atoms with Gasteiger partial charge in [-0.1, -0.05) is 12.1 Å². The van der Waals surface area contributed by atoms with Crippen molar-refractivity contribution in [3.05, 3.63) is 65.7 Å². The zero-order chi connectivity index (χ0) is 24.9. The standard InChI is InChI=1S/C21H22FN3O2.C2HF3O2/c22-17-3-1-15(2-4-17)11-19(26)25-10-7-21(14-25)12-18(21)20(27)24-13-16-5-8-23-9-6-16;3-2(4,5)1(6)7/h1-6,8-9,18H,7,10-14H2,(H,24,27);(H,6,7). The van der Waals surface area contributed by atoms with Gasteiger partial charge in [0.15, 0.2) is 0 Å². The van der Waals surface area contributed by atoms with Crippen LogP contribution in [0.2, 0.25) is 0 Å². The van der Waals surface area contributed by atoms with Gasteiger partial charge in [-0.3, -0.25) is 14.6 Å². The summed E-state index contributed by atoms with van der Waals surface area (Å²) in [7, 11) is 0. The quantitative estimate of drug-likeness (QED) is 0.640. The van der Waals surface area contributed by atoms with Gasteiger partial charge in [-0.15, -0.1) is 0 Å². The molecule has 1 aliphatic heterocycles. The van der Waals surface area contributed by atoms with Gasteiger partial charge < -0.3 is 15.3 Å². The van der Waals surface area contributed by atoms with Crippen LogP contribution >= 0.6 is 0 Å². The molecule has 2 heterocycles. The van der Waals surface area contributed by atoms with E-state index in [1.54, 1.807) is 24.5 Å². The van der Waals surface area contributed by atoms with E-state index < -0.39 is 12.1 Å². The minimum Gasteiger partial charge on any atom is -0.475 e. The van der Waals surface area contributed by atoms with Crippen molar-refractivity contribution in [3.63, 3.8) is 0 Å². The van der Waals surface area contributed by atoms with Crippen LogP contribution in [0.5, 0.6) is 0 Å². The van der Waals surface area contributed by atoms with Crippen molar-refractivity contribution in [2.24, 2.45) is 11.3 Å². The van der Waals surface area contributed by atoms with Crippen molar-refractivity contribution in [1.29, 1.82) is 0 Å². The highest BCUT2D eigenvalue weighted by atomic mass is 19.4. The zero-order valence-electron chi connectivity index (χ0n) is 18.0. The predicted octanol–water partition coefficient (Wildman–Crippen LogP) is 2.95. The molecular formula is C23H23F4N3O4. The van der Waals surface area contributed by atoms with Crippen molar-refractivity contribution in [2.75, 3.05) is 13.1 Å². The number of nitrogens with one attached hydrogen (secondary N) is 1. The van der Waals surface area contributed by atoms with Gasteiger partial charge in [0.1, 0.15) is 5.82 Å². The lowest BCUT2D eigenvalue weighted by atomic mass is 10.0. The summed E-state index contributed by atoms with van der Waals surface area (Å²) in [6.45, 7) is 1.83. The van der Waals surface area contributed by atoms with Crippen molar-refractivity contribution in [3.8, 4) is 0 Å². The van der Waals surface area contributed by atoms with E-state index in [9.17, 15) is 27.2 Å². The maximum absolute atomic E-state index is 13.0. The lowest BCUT2D eigenvalue weighted by molar-refractivity contribution is -0.192. The Kier molecular flexibility index (Phi) is 7.53. The zero-order valence-corrected chi connectivity index (χ0v) is 18.0. The summed E-state index contributed by atoms with van der Waals surface area (Å²) in [5, 5.41) is 10.1. The highest BCUT2D eigenvalue weighted by Crippen LogP contribution is 2.58. The normalized spacial score (nSPS) is 20.9. The van der Waals surface area contributed by atoms with E-state index in [4.69, 9.17) is 9.90 Å². The molecule has 2 aromatic rings. The first-order valence-corrected chi connectivity index (χ1v) is 10.5. The molecule has 1 aliphatic carbocycles. The number of carboxylic acids is 1. The molecule has 2 fully saturated rings. The van der Waals surface area contributed by atoms with Crippen LogP contribution in [-0.2, 0) is 27.3 Å². The van der Waals surface area contributed by atoms with E-state index in [2.05, 4.69) is 10.3 Å². The second-order valence-electron chi connectivity index (χ2n) is 8.36. The van der Waals surface area contributed by atoms with Crippen LogP contribution in [0.1, 0.15) is 24.0 Å². The first kappa shape index (κ1) is 25.1. The number of likely N-dealkylation sites (tertiary alicyclic amines) is 1. The molecular weight excluding hydrogens is 458 g/mol. The number of hydrogen-bond acceptors (Lipinski definition) is 4. The summed E-state index contributed by atoms with van der Waals surface area (Å²) in [5.74, 6) is -2.96. The fourth-order valence-electron chi connectivity index (χ4n) is 3.98. The molecule has 1 aromatic heterocycles. The number of aliphatic carboxylic acids is 1. The molecule has 2 aliphatic rings. The maximum Gasteiger partial charge on any atom is 0.490 e. The number of carboxylic acid groups (broad SMARTS) is 1. The average molecular weight is 481 g/mol. The first-order chi connectivity index (χ1) is 16.0.